The van der Waals surface area contributed by atoms with Gasteiger partial charge in [-0.25, -0.2) is 0 Å². The first kappa shape index (κ1) is 14.1. The Morgan fingerprint density at radius 3 is 2.95 bits per heavy atom. The monoisotopic (exact) mass is 297 g/mol. The van der Waals surface area contributed by atoms with E-state index in [1.807, 2.05) is 12.1 Å². The van der Waals surface area contributed by atoms with Gasteiger partial charge in [0.15, 0.2) is 0 Å². The molecule has 0 radical (unpaired) electrons. The minimum Gasteiger partial charge on any atom is -0.389 e. The van der Waals surface area contributed by atoms with Gasteiger partial charge in [-0.2, -0.15) is 0 Å². The summed E-state index contributed by atoms with van der Waals surface area (Å²) in [5.74, 6) is -0.00693. The second-order valence-corrected chi connectivity index (χ2v) is 5.48. The van der Waals surface area contributed by atoms with Crippen LogP contribution >= 0.6 is 23.8 Å². The number of hydrogen-bond acceptors (Lipinski definition) is 3. The van der Waals surface area contributed by atoms with Gasteiger partial charge >= 0.3 is 0 Å². The summed E-state index contributed by atoms with van der Waals surface area (Å²) in [4.78, 5) is 13.5. The number of carbonyl (C=O) groups is 1. The van der Waals surface area contributed by atoms with Gasteiger partial charge in [0.2, 0.25) is 5.91 Å². The Morgan fingerprint density at radius 2 is 2.32 bits per heavy atom. The number of halogens is 1. The Labute approximate surface area is 122 Å². The maximum absolute atomic E-state index is 11.1. The van der Waals surface area contributed by atoms with Crippen molar-refractivity contribution in [2.75, 3.05) is 18.0 Å². The van der Waals surface area contributed by atoms with Crippen molar-refractivity contribution in [3.05, 3.63) is 28.8 Å². The number of nitrogens with one attached hydrogen (secondary N) is 1. The van der Waals surface area contributed by atoms with Crippen LogP contribution in [0.3, 0.4) is 0 Å². The van der Waals surface area contributed by atoms with Crippen molar-refractivity contribution in [2.24, 2.45) is 5.73 Å². The lowest BCUT2D eigenvalue weighted by atomic mass is 10.1. The minimum atomic E-state index is -0.00693. The van der Waals surface area contributed by atoms with Gasteiger partial charge in [-0.15, -0.1) is 0 Å². The van der Waals surface area contributed by atoms with Gasteiger partial charge in [-0.1, -0.05) is 29.9 Å². The van der Waals surface area contributed by atoms with E-state index in [-0.39, 0.29) is 11.9 Å². The van der Waals surface area contributed by atoms with E-state index in [0.717, 1.165) is 25.2 Å². The molecule has 0 saturated carbocycles. The Morgan fingerprint density at radius 1 is 1.58 bits per heavy atom. The lowest BCUT2D eigenvalue weighted by molar-refractivity contribution is -0.119. The molecule has 1 heterocycles. The molecule has 1 amide bonds. The molecule has 0 aliphatic carbocycles. The van der Waals surface area contributed by atoms with Crippen molar-refractivity contribution in [1.82, 2.24) is 5.32 Å². The van der Waals surface area contributed by atoms with E-state index in [4.69, 9.17) is 29.6 Å². The summed E-state index contributed by atoms with van der Waals surface area (Å²) in [5.41, 5.74) is 7.40. The van der Waals surface area contributed by atoms with Crippen molar-refractivity contribution in [1.29, 1.82) is 0 Å². The maximum atomic E-state index is 11.1. The molecule has 0 bridgehead atoms. The van der Waals surface area contributed by atoms with Gasteiger partial charge in [0.1, 0.15) is 4.99 Å². The topological polar surface area (TPSA) is 58.4 Å². The molecule has 0 spiro atoms. The van der Waals surface area contributed by atoms with E-state index >= 15 is 0 Å². The quantitative estimate of drug-likeness (QED) is 0.834. The number of rotatable bonds is 3. The lowest BCUT2D eigenvalue weighted by Crippen LogP contribution is -2.35. The van der Waals surface area contributed by atoms with Gasteiger partial charge in [0.25, 0.3) is 0 Å². The summed E-state index contributed by atoms with van der Waals surface area (Å²) in [6.45, 7) is 3.12. The zero-order chi connectivity index (χ0) is 14.0. The third-order valence-electron chi connectivity index (χ3n) is 3.17. The third kappa shape index (κ3) is 3.16. The molecule has 1 aromatic rings. The van der Waals surface area contributed by atoms with Crippen LogP contribution < -0.4 is 16.0 Å². The van der Waals surface area contributed by atoms with Crippen LogP contribution in [0.5, 0.6) is 0 Å². The standard InChI is InChI=1S/C13H16ClN3OS/c1-8(18)16-9-5-6-17(7-9)11-4-2-3-10(14)12(11)13(15)19/h2-4,9H,5-7H2,1H3,(H2,15,19)(H,16,18). The summed E-state index contributed by atoms with van der Waals surface area (Å²) >= 11 is 11.2. The SMILES string of the molecule is CC(=O)NC1CCN(c2cccc(Cl)c2C(N)=S)C1. The first-order valence-corrected chi connectivity index (χ1v) is 6.88. The predicted molar refractivity (Wildman–Crippen MR) is 81.8 cm³/mol. The Balaban J connectivity index is 2.22. The predicted octanol–water partition coefficient (Wildman–Crippen LogP) is 1.69. The molecule has 1 atom stereocenters. The highest BCUT2D eigenvalue weighted by Crippen LogP contribution is 2.29. The second kappa shape index (κ2) is 5.75. The van der Waals surface area contributed by atoms with E-state index < -0.39 is 0 Å². The summed E-state index contributed by atoms with van der Waals surface area (Å²) < 4.78 is 0. The molecular formula is C13H16ClN3OS. The minimum absolute atomic E-state index is 0.00693. The lowest BCUT2D eigenvalue weighted by Gasteiger charge is -2.22. The van der Waals surface area contributed by atoms with Crippen molar-refractivity contribution in [2.45, 2.75) is 19.4 Å². The molecule has 1 aliphatic rings. The Hall–Kier alpha value is -1.33. The van der Waals surface area contributed by atoms with Gasteiger partial charge in [0, 0.05) is 31.7 Å². The highest BCUT2D eigenvalue weighted by Gasteiger charge is 2.25. The number of amides is 1. The molecule has 2 rings (SSSR count). The maximum Gasteiger partial charge on any atom is 0.217 e. The zero-order valence-electron chi connectivity index (χ0n) is 10.6. The summed E-state index contributed by atoms with van der Waals surface area (Å²) in [6, 6.07) is 5.78. The van der Waals surface area contributed by atoms with Gasteiger partial charge < -0.3 is 16.0 Å². The molecule has 19 heavy (non-hydrogen) atoms. The molecule has 1 aliphatic heterocycles. The molecule has 0 aromatic heterocycles. The number of hydrogen-bond donors (Lipinski definition) is 2. The van der Waals surface area contributed by atoms with Crippen LogP contribution in [0.2, 0.25) is 5.02 Å². The van der Waals surface area contributed by atoms with Crippen LogP contribution in [-0.4, -0.2) is 30.0 Å². The fourth-order valence-electron chi connectivity index (χ4n) is 2.40. The van der Waals surface area contributed by atoms with Gasteiger partial charge in [-0.05, 0) is 18.6 Å². The third-order valence-corrected chi connectivity index (χ3v) is 3.69. The van der Waals surface area contributed by atoms with Crippen LogP contribution in [0.15, 0.2) is 18.2 Å². The van der Waals surface area contributed by atoms with E-state index in [2.05, 4.69) is 10.2 Å². The van der Waals surface area contributed by atoms with E-state index in [9.17, 15) is 4.79 Å². The highest BCUT2D eigenvalue weighted by atomic mass is 35.5. The smallest absolute Gasteiger partial charge is 0.217 e. The first-order valence-electron chi connectivity index (χ1n) is 6.09. The number of nitrogens with two attached hydrogens (primary N) is 1. The number of nitrogens with zero attached hydrogens (tertiary/aromatic N) is 1. The Bertz CT molecular complexity index is 521. The zero-order valence-corrected chi connectivity index (χ0v) is 12.2. The van der Waals surface area contributed by atoms with E-state index in [1.54, 1.807) is 6.07 Å². The fourth-order valence-corrected chi connectivity index (χ4v) is 2.95. The number of carbonyl (C=O) groups excluding carboxylic acids is 1. The van der Waals surface area contributed by atoms with Gasteiger partial charge in [0.05, 0.1) is 10.6 Å². The summed E-state index contributed by atoms with van der Waals surface area (Å²) in [6.07, 6.45) is 0.906. The van der Waals surface area contributed by atoms with E-state index in [0.29, 0.717) is 15.6 Å². The number of benzene rings is 1. The van der Waals surface area contributed by atoms with Crippen LogP contribution in [-0.2, 0) is 4.79 Å². The van der Waals surface area contributed by atoms with Gasteiger partial charge in [-0.3, -0.25) is 4.79 Å². The summed E-state index contributed by atoms with van der Waals surface area (Å²) in [7, 11) is 0. The highest BCUT2D eigenvalue weighted by molar-refractivity contribution is 7.80. The normalized spacial score (nSPS) is 18.4. The molecule has 6 heteroatoms. The largest absolute Gasteiger partial charge is 0.389 e. The molecular weight excluding hydrogens is 282 g/mol. The van der Waals surface area contributed by atoms with Crippen LogP contribution in [0.4, 0.5) is 5.69 Å². The molecule has 4 nitrogen and oxygen atoms in total. The van der Waals surface area contributed by atoms with Crippen molar-refractivity contribution >= 4 is 40.4 Å². The van der Waals surface area contributed by atoms with Crippen molar-refractivity contribution in [3.63, 3.8) is 0 Å². The van der Waals surface area contributed by atoms with Crippen molar-refractivity contribution in [3.8, 4) is 0 Å². The van der Waals surface area contributed by atoms with Crippen molar-refractivity contribution < 1.29 is 4.79 Å². The summed E-state index contributed by atoms with van der Waals surface area (Å²) in [5, 5.41) is 3.49. The number of anilines is 1. The molecule has 1 saturated heterocycles. The second-order valence-electron chi connectivity index (χ2n) is 4.63. The first-order chi connectivity index (χ1) is 8.99. The molecule has 1 fully saturated rings. The van der Waals surface area contributed by atoms with Crippen LogP contribution in [0.25, 0.3) is 0 Å². The molecule has 3 N–H and O–H groups in total. The molecule has 102 valence electrons. The Kier molecular flexibility index (Phi) is 4.27. The van der Waals surface area contributed by atoms with E-state index in [1.165, 1.54) is 6.92 Å². The molecule has 1 unspecified atom stereocenters. The fraction of sp³-hybridized carbons (Fsp3) is 0.385. The van der Waals surface area contributed by atoms with Crippen LogP contribution in [0, 0.1) is 0 Å². The average Bonchev–Trinajstić information content (AvgIpc) is 2.75. The van der Waals surface area contributed by atoms with Crippen LogP contribution in [0.1, 0.15) is 18.9 Å². The number of thiocarbonyl (C=S) groups is 1. The average molecular weight is 298 g/mol. The molecule has 1 aromatic carbocycles.